The molecule has 0 saturated heterocycles. The van der Waals surface area contributed by atoms with E-state index < -0.39 is 51.1 Å². The van der Waals surface area contributed by atoms with Gasteiger partial charge in [0.2, 0.25) is 0 Å². The molecule has 0 aliphatic carbocycles. The van der Waals surface area contributed by atoms with E-state index in [0.717, 1.165) is 44.9 Å². The first-order chi connectivity index (χ1) is 30.1. The molecule has 4 N–H and O–H groups in total. The SMILES string of the molecule is CCCCC/C=C\C/C=C\C/C=C\C/C=C\CCCC(=O)O[C@H](COC(=O)CCCCCCCCCCCCCCCCCCCCCCC)COP(=O)(O)OC[C@H](N)C(=O)O. The zero-order valence-electron chi connectivity index (χ0n) is 39.2. The predicted octanol–water partition coefficient (Wildman–Crippen LogP) is 13.7. The molecule has 0 aromatic carbocycles. The second-order valence-corrected chi connectivity index (χ2v) is 18.1. The van der Waals surface area contributed by atoms with E-state index in [1.54, 1.807) is 0 Å². The smallest absolute Gasteiger partial charge is 0.472 e. The molecule has 360 valence electrons. The predicted molar refractivity (Wildman–Crippen MR) is 254 cm³/mol. The van der Waals surface area contributed by atoms with E-state index in [0.29, 0.717) is 19.3 Å². The molecule has 0 aliphatic rings. The average molecular weight is 896 g/mol. The number of phosphoric acid groups is 1. The Morgan fingerprint density at radius 2 is 0.871 bits per heavy atom. The average Bonchev–Trinajstić information content (AvgIpc) is 3.25. The highest BCUT2D eigenvalue weighted by atomic mass is 31.2. The highest BCUT2D eigenvalue weighted by Crippen LogP contribution is 2.43. The van der Waals surface area contributed by atoms with Crippen molar-refractivity contribution in [3.8, 4) is 0 Å². The Morgan fingerprint density at radius 3 is 1.32 bits per heavy atom. The highest BCUT2D eigenvalue weighted by Gasteiger charge is 2.28. The van der Waals surface area contributed by atoms with Gasteiger partial charge < -0.3 is 25.2 Å². The van der Waals surface area contributed by atoms with Crippen LogP contribution in [-0.4, -0.2) is 59.9 Å². The quantitative estimate of drug-likeness (QED) is 0.0230. The van der Waals surface area contributed by atoms with Crippen molar-refractivity contribution in [2.24, 2.45) is 5.73 Å². The van der Waals surface area contributed by atoms with Crippen molar-refractivity contribution in [3.05, 3.63) is 48.6 Å². The monoisotopic (exact) mass is 896 g/mol. The Morgan fingerprint density at radius 1 is 0.500 bits per heavy atom. The Hall–Kier alpha value is -2.56. The molecule has 0 aromatic rings. The lowest BCUT2D eigenvalue weighted by Crippen LogP contribution is -2.34. The van der Waals surface area contributed by atoms with E-state index in [4.69, 9.17) is 24.8 Å². The maximum atomic E-state index is 12.6. The van der Waals surface area contributed by atoms with Crippen LogP contribution in [0.1, 0.15) is 219 Å². The van der Waals surface area contributed by atoms with Crippen LogP contribution in [0, 0.1) is 0 Å². The van der Waals surface area contributed by atoms with Crippen LogP contribution in [0.2, 0.25) is 0 Å². The number of unbranched alkanes of at least 4 members (excludes halogenated alkanes) is 24. The summed E-state index contributed by atoms with van der Waals surface area (Å²) in [5, 5.41) is 8.91. The van der Waals surface area contributed by atoms with Gasteiger partial charge in [-0.3, -0.25) is 23.4 Å². The summed E-state index contributed by atoms with van der Waals surface area (Å²) in [4.78, 5) is 46.1. The Balaban J connectivity index is 4.31. The van der Waals surface area contributed by atoms with Gasteiger partial charge in [-0.15, -0.1) is 0 Å². The highest BCUT2D eigenvalue weighted by molar-refractivity contribution is 7.47. The summed E-state index contributed by atoms with van der Waals surface area (Å²) in [6.45, 7) is 2.75. The van der Waals surface area contributed by atoms with Crippen LogP contribution < -0.4 is 5.73 Å². The maximum absolute atomic E-state index is 12.6. The van der Waals surface area contributed by atoms with Crippen LogP contribution in [0.3, 0.4) is 0 Å². The van der Waals surface area contributed by atoms with Crippen molar-refractivity contribution < 1.29 is 47.5 Å². The number of nitrogens with two attached hydrogens (primary N) is 1. The molecule has 0 fully saturated rings. The molecule has 0 aliphatic heterocycles. The molecule has 0 rings (SSSR count). The zero-order chi connectivity index (χ0) is 45.6. The molecular weight excluding hydrogens is 806 g/mol. The fourth-order valence-corrected chi connectivity index (χ4v) is 7.48. The van der Waals surface area contributed by atoms with Crippen LogP contribution in [0.25, 0.3) is 0 Å². The molecule has 1 unspecified atom stereocenters. The van der Waals surface area contributed by atoms with Gasteiger partial charge in [-0.1, -0.05) is 204 Å². The molecule has 0 amide bonds. The first kappa shape index (κ1) is 59.4. The van der Waals surface area contributed by atoms with E-state index in [1.165, 1.54) is 128 Å². The zero-order valence-corrected chi connectivity index (χ0v) is 40.1. The number of phosphoric ester groups is 1. The van der Waals surface area contributed by atoms with Gasteiger partial charge in [0.1, 0.15) is 12.6 Å². The summed E-state index contributed by atoms with van der Waals surface area (Å²) in [5.74, 6) is -2.44. The standard InChI is InChI=1S/C50H90NO10P/c1-3-5-7-9-11-13-15-17-19-21-22-23-24-26-27-29-31-33-35-37-39-41-48(52)58-43-46(44-59-62(56,57)60-45-47(51)50(54)55)61-49(53)42-40-38-36-34-32-30-28-25-20-18-16-14-12-10-8-6-4-2/h12,14,18,20,28,30,34,36,46-47H,3-11,13,15-17,19,21-27,29,31-33,35,37-45,51H2,1-2H3,(H,54,55)(H,56,57)/b14-12-,20-18-,30-28-,36-34-/t46-,47+/m1/s1. The molecule has 0 bridgehead atoms. The minimum atomic E-state index is -4.73. The summed E-state index contributed by atoms with van der Waals surface area (Å²) in [6, 6.07) is -1.53. The molecular formula is C50H90NO10P. The molecule has 0 heterocycles. The number of carbonyl (C=O) groups is 3. The lowest BCUT2D eigenvalue weighted by atomic mass is 10.0. The van der Waals surface area contributed by atoms with Crippen LogP contribution in [0.4, 0.5) is 0 Å². The second-order valence-electron chi connectivity index (χ2n) is 16.6. The molecule has 11 nitrogen and oxygen atoms in total. The molecule has 0 saturated carbocycles. The molecule has 62 heavy (non-hydrogen) atoms. The molecule has 0 aromatic heterocycles. The number of hydrogen-bond acceptors (Lipinski definition) is 9. The first-order valence-electron chi connectivity index (χ1n) is 24.7. The lowest BCUT2D eigenvalue weighted by molar-refractivity contribution is -0.161. The van der Waals surface area contributed by atoms with Crippen molar-refractivity contribution in [3.63, 3.8) is 0 Å². The van der Waals surface area contributed by atoms with E-state index in [1.807, 2.05) is 12.2 Å². The largest absolute Gasteiger partial charge is 0.480 e. The van der Waals surface area contributed by atoms with Crippen LogP contribution in [0.15, 0.2) is 48.6 Å². The number of carboxylic acid groups (broad SMARTS) is 1. The van der Waals surface area contributed by atoms with Gasteiger partial charge in [-0.05, 0) is 51.4 Å². The van der Waals surface area contributed by atoms with E-state index in [2.05, 4.69) is 54.8 Å². The number of esters is 2. The van der Waals surface area contributed by atoms with Crippen molar-refractivity contribution >= 4 is 25.7 Å². The third kappa shape index (κ3) is 44.1. The summed E-state index contributed by atoms with van der Waals surface area (Å²) < 4.78 is 32.7. The van der Waals surface area contributed by atoms with E-state index in [9.17, 15) is 23.8 Å². The van der Waals surface area contributed by atoms with Gasteiger partial charge in [-0.2, -0.15) is 0 Å². The Bertz CT molecular complexity index is 1240. The molecule has 12 heteroatoms. The number of rotatable bonds is 46. The van der Waals surface area contributed by atoms with Gasteiger partial charge in [0.05, 0.1) is 13.2 Å². The summed E-state index contributed by atoms with van der Waals surface area (Å²) in [6.07, 6.45) is 51.9. The van der Waals surface area contributed by atoms with Gasteiger partial charge in [0, 0.05) is 12.8 Å². The minimum Gasteiger partial charge on any atom is -0.480 e. The number of carbonyl (C=O) groups excluding carboxylic acids is 2. The van der Waals surface area contributed by atoms with Crippen molar-refractivity contribution in [2.75, 3.05) is 19.8 Å². The number of allylic oxidation sites excluding steroid dienone is 8. The van der Waals surface area contributed by atoms with Gasteiger partial charge in [-0.25, -0.2) is 4.57 Å². The van der Waals surface area contributed by atoms with Gasteiger partial charge in [0.25, 0.3) is 0 Å². The van der Waals surface area contributed by atoms with Crippen molar-refractivity contribution in [1.29, 1.82) is 0 Å². The van der Waals surface area contributed by atoms with Crippen molar-refractivity contribution in [2.45, 2.75) is 231 Å². The van der Waals surface area contributed by atoms with Crippen LogP contribution in [-0.2, 0) is 37.5 Å². The number of ether oxygens (including phenoxy) is 2. The Labute approximate surface area is 377 Å². The third-order valence-electron chi connectivity index (χ3n) is 10.6. The number of aliphatic carboxylic acids is 1. The van der Waals surface area contributed by atoms with Crippen molar-refractivity contribution in [1.82, 2.24) is 0 Å². The molecule has 3 atom stereocenters. The fraction of sp³-hybridized carbons (Fsp3) is 0.780. The first-order valence-corrected chi connectivity index (χ1v) is 26.2. The van der Waals surface area contributed by atoms with E-state index in [-0.39, 0.29) is 19.4 Å². The summed E-state index contributed by atoms with van der Waals surface area (Å²) in [5.41, 5.74) is 5.34. The topological polar surface area (TPSA) is 172 Å². The lowest BCUT2D eigenvalue weighted by Gasteiger charge is -2.20. The third-order valence-corrected chi connectivity index (χ3v) is 11.5. The van der Waals surface area contributed by atoms with Crippen LogP contribution in [0.5, 0.6) is 0 Å². The Kier molecular flexibility index (Phi) is 43.2. The maximum Gasteiger partial charge on any atom is 0.472 e. The van der Waals surface area contributed by atoms with Gasteiger partial charge >= 0.3 is 25.7 Å². The normalized spacial score (nSPS) is 14.0. The number of hydrogen-bond donors (Lipinski definition) is 3. The summed E-state index contributed by atoms with van der Waals surface area (Å²) >= 11 is 0. The minimum absolute atomic E-state index is 0.0860. The number of carboxylic acids is 1. The molecule has 0 radical (unpaired) electrons. The van der Waals surface area contributed by atoms with E-state index >= 15 is 0 Å². The summed E-state index contributed by atoms with van der Waals surface area (Å²) in [7, 11) is -4.73. The van der Waals surface area contributed by atoms with Gasteiger partial charge in [0.15, 0.2) is 6.10 Å². The van der Waals surface area contributed by atoms with Crippen LogP contribution >= 0.6 is 7.82 Å². The second kappa shape index (κ2) is 45.0. The molecule has 0 spiro atoms. The fourth-order valence-electron chi connectivity index (χ4n) is 6.71.